The molecule has 3 heteroatoms. The van der Waals surface area contributed by atoms with Crippen molar-refractivity contribution < 1.29 is 4.79 Å². The fourth-order valence-corrected chi connectivity index (χ4v) is 1.69. The number of rotatable bonds is 3. The molecule has 1 heterocycles. The highest BCUT2D eigenvalue weighted by Crippen LogP contribution is 2.13. The van der Waals surface area contributed by atoms with E-state index < -0.39 is 0 Å². The van der Waals surface area contributed by atoms with E-state index >= 15 is 0 Å². The number of carbonyl (C=O) groups is 1. The van der Waals surface area contributed by atoms with Crippen molar-refractivity contribution in [3.8, 4) is 0 Å². The van der Waals surface area contributed by atoms with Crippen molar-refractivity contribution in [2.45, 2.75) is 13.3 Å². The van der Waals surface area contributed by atoms with Crippen LogP contribution in [0.15, 0.2) is 24.3 Å². The Labute approximate surface area is 89.9 Å². The van der Waals surface area contributed by atoms with E-state index in [0.29, 0.717) is 12.3 Å². The number of benzene rings is 1. The molecule has 1 saturated heterocycles. The third-order valence-corrected chi connectivity index (χ3v) is 2.64. The van der Waals surface area contributed by atoms with Crippen LogP contribution in [-0.2, 0) is 4.79 Å². The van der Waals surface area contributed by atoms with Gasteiger partial charge in [-0.25, -0.2) is 0 Å². The predicted molar refractivity (Wildman–Crippen MR) is 60.8 cm³/mol. The van der Waals surface area contributed by atoms with Gasteiger partial charge in [0.05, 0.1) is 0 Å². The van der Waals surface area contributed by atoms with Crippen LogP contribution in [0, 0.1) is 12.8 Å². The highest BCUT2D eigenvalue weighted by atomic mass is 16.1. The molecule has 2 rings (SSSR count). The summed E-state index contributed by atoms with van der Waals surface area (Å²) in [7, 11) is 0. The zero-order valence-corrected chi connectivity index (χ0v) is 8.92. The summed E-state index contributed by atoms with van der Waals surface area (Å²) in [6, 6.07) is 7.88. The standard InChI is InChI=1S/C12H16N2O/c1-9-3-2-4-11(5-9)14-12(15)6-10-7-13-8-10/h2-5,10,13H,6-8H2,1H3,(H,14,15). The Morgan fingerprint density at radius 1 is 1.53 bits per heavy atom. The van der Waals surface area contributed by atoms with Gasteiger partial charge in [0.1, 0.15) is 0 Å². The lowest BCUT2D eigenvalue weighted by atomic mass is 9.99. The summed E-state index contributed by atoms with van der Waals surface area (Å²) in [6.45, 7) is 3.97. The van der Waals surface area contributed by atoms with Crippen LogP contribution in [0.5, 0.6) is 0 Å². The largest absolute Gasteiger partial charge is 0.326 e. The number of aryl methyl sites for hydroxylation is 1. The second kappa shape index (κ2) is 4.45. The van der Waals surface area contributed by atoms with E-state index in [1.807, 2.05) is 31.2 Å². The quantitative estimate of drug-likeness (QED) is 0.784. The molecule has 1 aromatic carbocycles. The van der Waals surface area contributed by atoms with Crippen LogP contribution in [0.4, 0.5) is 5.69 Å². The fraction of sp³-hybridized carbons (Fsp3) is 0.417. The normalized spacial score (nSPS) is 15.8. The van der Waals surface area contributed by atoms with Crippen molar-refractivity contribution in [1.82, 2.24) is 5.32 Å². The Kier molecular flexibility index (Phi) is 3.02. The summed E-state index contributed by atoms with van der Waals surface area (Å²) in [6.07, 6.45) is 0.626. The molecule has 3 nitrogen and oxygen atoms in total. The van der Waals surface area contributed by atoms with Crippen molar-refractivity contribution in [2.75, 3.05) is 18.4 Å². The molecule has 0 saturated carbocycles. The van der Waals surface area contributed by atoms with Crippen LogP contribution < -0.4 is 10.6 Å². The molecule has 0 aliphatic carbocycles. The fourth-order valence-electron chi connectivity index (χ4n) is 1.69. The molecule has 0 bridgehead atoms. The number of amides is 1. The lowest BCUT2D eigenvalue weighted by Crippen LogP contribution is -2.43. The molecule has 80 valence electrons. The third-order valence-electron chi connectivity index (χ3n) is 2.64. The van der Waals surface area contributed by atoms with Crippen molar-refractivity contribution in [1.29, 1.82) is 0 Å². The van der Waals surface area contributed by atoms with Gasteiger partial charge < -0.3 is 10.6 Å². The number of carbonyl (C=O) groups excluding carboxylic acids is 1. The van der Waals surface area contributed by atoms with Gasteiger partial charge in [-0.15, -0.1) is 0 Å². The minimum Gasteiger partial charge on any atom is -0.326 e. The molecule has 1 fully saturated rings. The Morgan fingerprint density at radius 2 is 2.33 bits per heavy atom. The van der Waals surface area contributed by atoms with E-state index in [4.69, 9.17) is 0 Å². The maximum Gasteiger partial charge on any atom is 0.224 e. The smallest absolute Gasteiger partial charge is 0.224 e. The first-order valence-electron chi connectivity index (χ1n) is 5.31. The average molecular weight is 204 g/mol. The molecule has 1 amide bonds. The maximum atomic E-state index is 11.6. The molecule has 0 radical (unpaired) electrons. The van der Waals surface area contributed by atoms with Gasteiger partial charge >= 0.3 is 0 Å². The molecule has 1 aliphatic heterocycles. The third kappa shape index (κ3) is 2.80. The highest BCUT2D eigenvalue weighted by Gasteiger charge is 2.19. The topological polar surface area (TPSA) is 41.1 Å². The summed E-state index contributed by atoms with van der Waals surface area (Å²) >= 11 is 0. The Bertz CT molecular complexity index is 358. The maximum absolute atomic E-state index is 11.6. The summed E-state index contributed by atoms with van der Waals surface area (Å²) in [4.78, 5) is 11.6. The molecule has 1 aliphatic rings. The van der Waals surface area contributed by atoms with Gasteiger partial charge in [-0.2, -0.15) is 0 Å². The first-order valence-corrected chi connectivity index (χ1v) is 5.31. The second-order valence-corrected chi connectivity index (χ2v) is 4.15. The minimum absolute atomic E-state index is 0.118. The van der Waals surface area contributed by atoms with E-state index in [1.54, 1.807) is 0 Å². The van der Waals surface area contributed by atoms with Crippen molar-refractivity contribution in [2.24, 2.45) is 5.92 Å². The van der Waals surface area contributed by atoms with E-state index in [1.165, 1.54) is 0 Å². The van der Waals surface area contributed by atoms with Gasteiger partial charge in [-0.1, -0.05) is 12.1 Å². The van der Waals surface area contributed by atoms with E-state index in [9.17, 15) is 4.79 Å². The molecule has 0 unspecified atom stereocenters. The van der Waals surface area contributed by atoms with E-state index in [-0.39, 0.29) is 5.91 Å². The summed E-state index contributed by atoms with van der Waals surface area (Å²) in [5.41, 5.74) is 2.06. The average Bonchev–Trinajstić information content (AvgIpc) is 2.11. The monoisotopic (exact) mass is 204 g/mol. The Balaban J connectivity index is 1.87. The first-order chi connectivity index (χ1) is 7.24. The number of hydrogen-bond donors (Lipinski definition) is 2. The zero-order valence-electron chi connectivity index (χ0n) is 8.92. The molecule has 1 aromatic rings. The van der Waals surface area contributed by atoms with Crippen LogP contribution in [0.1, 0.15) is 12.0 Å². The molecule has 0 aromatic heterocycles. The zero-order chi connectivity index (χ0) is 10.7. The van der Waals surface area contributed by atoms with Gasteiger partial charge in [-0.05, 0) is 43.6 Å². The first kappa shape index (κ1) is 10.2. The van der Waals surface area contributed by atoms with Gasteiger partial charge in [0.25, 0.3) is 0 Å². The summed E-state index contributed by atoms with van der Waals surface area (Å²) in [5.74, 6) is 0.641. The van der Waals surface area contributed by atoms with Gasteiger partial charge in [0, 0.05) is 12.1 Å². The summed E-state index contributed by atoms with van der Waals surface area (Å²) < 4.78 is 0. The van der Waals surface area contributed by atoms with Gasteiger partial charge in [0.2, 0.25) is 5.91 Å². The molecule has 2 N–H and O–H groups in total. The van der Waals surface area contributed by atoms with Gasteiger partial charge in [0.15, 0.2) is 0 Å². The van der Waals surface area contributed by atoms with Crippen molar-refractivity contribution in [3.63, 3.8) is 0 Å². The van der Waals surface area contributed by atoms with Crippen LogP contribution in [0.3, 0.4) is 0 Å². The molecular formula is C12H16N2O. The Morgan fingerprint density at radius 3 is 2.93 bits per heavy atom. The molecular weight excluding hydrogens is 188 g/mol. The number of nitrogens with one attached hydrogen (secondary N) is 2. The second-order valence-electron chi connectivity index (χ2n) is 4.15. The van der Waals surface area contributed by atoms with Crippen molar-refractivity contribution >= 4 is 11.6 Å². The Hall–Kier alpha value is -1.35. The van der Waals surface area contributed by atoms with E-state index in [0.717, 1.165) is 24.3 Å². The summed E-state index contributed by atoms with van der Waals surface area (Å²) in [5, 5.41) is 6.07. The molecule has 0 spiro atoms. The predicted octanol–water partition coefficient (Wildman–Crippen LogP) is 1.54. The van der Waals surface area contributed by atoms with Crippen LogP contribution in [-0.4, -0.2) is 19.0 Å². The van der Waals surface area contributed by atoms with Crippen LogP contribution >= 0.6 is 0 Å². The lowest BCUT2D eigenvalue weighted by molar-refractivity contribution is -0.117. The SMILES string of the molecule is Cc1cccc(NC(=O)CC2CNC2)c1. The number of hydrogen-bond acceptors (Lipinski definition) is 2. The number of anilines is 1. The highest BCUT2D eigenvalue weighted by molar-refractivity contribution is 5.91. The van der Waals surface area contributed by atoms with Crippen molar-refractivity contribution in [3.05, 3.63) is 29.8 Å². The molecule has 0 atom stereocenters. The van der Waals surface area contributed by atoms with Gasteiger partial charge in [-0.3, -0.25) is 4.79 Å². The van der Waals surface area contributed by atoms with Crippen LogP contribution in [0.25, 0.3) is 0 Å². The lowest BCUT2D eigenvalue weighted by Gasteiger charge is -2.26. The van der Waals surface area contributed by atoms with E-state index in [2.05, 4.69) is 10.6 Å². The minimum atomic E-state index is 0.118. The molecule has 15 heavy (non-hydrogen) atoms. The van der Waals surface area contributed by atoms with Crippen LogP contribution in [0.2, 0.25) is 0 Å².